The van der Waals surface area contributed by atoms with Crippen LogP contribution in [0, 0.1) is 0 Å². The van der Waals surface area contributed by atoms with Crippen molar-refractivity contribution < 1.29 is 0 Å². The Morgan fingerprint density at radius 3 is 1.20 bits per heavy atom. The molecule has 0 radical (unpaired) electrons. The van der Waals surface area contributed by atoms with Gasteiger partial charge >= 0.3 is 0 Å². The van der Waals surface area contributed by atoms with Gasteiger partial charge in [0.25, 0.3) is 0 Å². The maximum atomic E-state index is 5.05. The number of hydrogen-bond donors (Lipinski definition) is 0. The molecule has 0 atom stereocenters. The van der Waals surface area contributed by atoms with Crippen molar-refractivity contribution >= 4 is 36.7 Å². The number of rotatable bonds is 1. The molecule has 0 rings (SSSR count). The van der Waals surface area contributed by atoms with Crippen LogP contribution >= 0.6 is 36.7 Å². The van der Waals surface area contributed by atoms with Gasteiger partial charge in [0, 0.05) is 11.8 Å². The molecule has 0 fully saturated rings. The summed E-state index contributed by atoms with van der Waals surface area (Å²) in [6.07, 6.45) is 0. The van der Waals surface area contributed by atoms with Gasteiger partial charge in [0.05, 0.1) is 0 Å². The lowest BCUT2D eigenvalue weighted by Crippen LogP contribution is -1.63. The van der Waals surface area contributed by atoms with Crippen LogP contribution in [0.15, 0.2) is 0 Å². The van der Waals surface area contributed by atoms with E-state index < -0.39 is 0 Å². The van der Waals surface area contributed by atoms with Crippen LogP contribution < -0.4 is 0 Å². The lowest BCUT2D eigenvalue weighted by atomic mass is 11.0. The first kappa shape index (κ1) is 9.33. The summed E-state index contributed by atoms with van der Waals surface area (Å²) in [5.74, 6) is 1.11. The Bertz CT molecular complexity index is 9.61. The fourth-order valence-electron chi connectivity index (χ4n) is 0. The Balaban J connectivity index is 0. The van der Waals surface area contributed by atoms with E-state index in [4.69, 9.17) is 23.2 Å². The van der Waals surface area contributed by atoms with Crippen LogP contribution in [0.4, 0.5) is 0 Å². The second kappa shape index (κ2) is 8.87. The van der Waals surface area contributed by atoms with Gasteiger partial charge in [-0.2, -0.15) is 13.5 Å². The van der Waals surface area contributed by atoms with Gasteiger partial charge in [0.15, 0.2) is 0 Å². The first-order chi connectivity index (χ1) is 1.91. The van der Waals surface area contributed by atoms with Crippen LogP contribution in [0.25, 0.3) is 0 Å². The highest BCUT2D eigenvalue weighted by Crippen LogP contribution is 1.75. The molecule has 0 nitrogen and oxygen atoms in total. The highest BCUT2D eigenvalue weighted by molar-refractivity contribution is 7.59. The molecule has 0 aliphatic carbocycles. The summed E-state index contributed by atoms with van der Waals surface area (Å²) in [4.78, 5) is 0. The average Bonchev–Trinajstić information content (AvgIpc) is 1.37. The summed E-state index contributed by atoms with van der Waals surface area (Å²) in [5, 5.41) is 0. The zero-order valence-corrected chi connectivity index (χ0v) is 5.18. The summed E-state index contributed by atoms with van der Waals surface area (Å²) in [6.45, 7) is 0. The Labute approximate surface area is 48.9 Å². The predicted octanol–water partition coefficient (Wildman–Crippen LogP) is 1.58. The lowest BCUT2D eigenvalue weighted by Gasteiger charge is -1.63. The molecule has 0 aromatic rings. The number of halogens is 2. The van der Waals surface area contributed by atoms with Gasteiger partial charge < -0.3 is 0 Å². The first-order valence-corrected chi connectivity index (χ1v) is 2.10. The minimum Gasteiger partial charge on any atom is -0.197 e. The SMILES string of the molecule is ClCCCl.S. The standard InChI is InChI=1S/C2H4Cl2.H2S/c3-1-2-4;/h1-2H2;1H2. The van der Waals surface area contributed by atoms with Crippen LogP contribution in [-0.2, 0) is 0 Å². The smallest absolute Gasteiger partial charge is 0.0359 e. The average molecular weight is 133 g/mol. The molecule has 0 N–H and O–H groups in total. The monoisotopic (exact) mass is 132 g/mol. The van der Waals surface area contributed by atoms with Crippen molar-refractivity contribution in [3.63, 3.8) is 0 Å². The van der Waals surface area contributed by atoms with E-state index >= 15 is 0 Å². The van der Waals surface area contributed by atoms with Gasteiger partial charge in [0.1, 0.15) is 0 Å². The van der Waals surface area contributed by atoms with Crippen molar-refractivity contribution in [2.24, 2.45) is 0 Å². The van der Waals surface area contributed by atoms with Crippen molar-refractivity contribution in [2.45, 2.75) is 0 Å². The summed E-state index contributed by atoms with van der Waals surface area (Å²) in [5.41, 5.74) is 0. The molecule has 0 aromatic carbocycles. The van der Waals surface area contributed by atoms with E-state index in [1.165, 1.54) is 0 Å². The minimum atomic E-state index is 0. The minimum absolute atomic E-state index is 0. The summed E-state index contributed by atoms with van der Waals surface area (Å²) in [7, 11) is 0. The Morgan fingerprint density at radius 2 is 1.20 bits per heavy atom. The maximum Gasteiger partial charge on any atom is 0.0359 e. The second-order valence-corrected chi connectivity index (χ2v) is 1.13. The van der Waals surface area contributed by atoms with Crippen LogP contribution in [0.3, 0.4) is 0 Å². The van der Waals surface area contributed by atoms with Crippen molar-refractivity contribution in [3.8, 4) is 0 Å². The van der Waals surface area contributed by atoms with Crippen LogP contribution in [0.5, 0.6) is 0 Å². The quantitative estimate of drug-likeness (QED) is 0.476. The largest absolute Gasteiger partial charge is 0.197 e. The summed E-state index contributed by atoms with van der Waals surface area (Å²) in [6, 6.07) is 0. The highest BCUT2D eigenvalue weighted by atomic mass is 35.5. The van der Waals surface area contributed by atoms with Gasteiger partial charge in [-0.25, -0.2) is 0 Å². The first-order valence-electron chi connectivity index (χ1n) is 1.03. The second-order valence-electron chi connectivity index (χ2n) is 0.378. The van der Waals surface area contributed by atoms with Gasteiger partial charge in [0.2, 0.25) is 0 Å². The van der Waals surface area contributed by atoms with E-state index in [-0.39, 0.29) is 13.5 Å². The van der Waals surface area contributed by atoms with E-state index in [2.05, 4.69) is 0 Å². The van der Waals surface area contributed by atoms with E-state index in [0.29, 0.717) is 11.8 Å². The zero-order valence-electron chi connectivity index (χ0n) is 2.67. The van der Waals surface area contributed by atoms with Crippen LogP contribution in [0.1, 0.15) is 0 Å². The third-order valence-electron chi connectivity index (χ3n) is 0.0714. The van der Waals surface area contributed by atoms with Crippen molar-refractivity contribution in [1.29, 1.82) is 0 Å². The Morgan fingerprint density at radius 1 is 1.00 bits per heavy atom. The molecule has 0 aliphatic heterocycles. The molecule has 0 spiro atoms. The molecule has 0 unspecified atom stereocenters. The predicted molar refractivity (Wildman–Crippen MR) is 31.8 cm³/mol. The molecular weight excluding hydrogens is 127 g/mol. The molecule has 0 heterocycles. The van der Waals surface area contributed by atoms with E-state index in [1.54, 1.807) is 0 Å². The lowest BCUT2D eigenvalue weighted by molar-refractivity contribution is 1.52. The molecule has 0 saturated carbocycles. The van der Waals surface area contributed by atoms with Gasteiger partial charge in [-0.3, -0.25) is 0 Å². The molecule has 3 heteroatoms. The van der Waals surface area contributed by atoms with Crippen molar-refractivity contribution in [3.05, 3.63) is 0 Å². The van der Waals surface area contributed by atoms with E-state index in [0.717, 1.165) is 0 Å². The van der Waals surface area contributed by atoms with Crippen molar-refractivity contribution in [2.75, 3.05) is 11.8 Å². The third-order valence-corrected chi connectivity index (χ3v) is 0.643. The van der Waals surface area contributed by atoms with Gasteiger partial charge in [-0.05, 0) is 0 Å². The molecule has 0 aliphatic rings. The Hall–Kier alpha value is 0.930. The topological polar surface area (TPSA) is 0 Å². The van der Waals surface area contributed by atoms with E-state index in [1.807, 2.05) is 0 Å². The third kappa shape index (κ3) is 11.4. The number of alkyl halides is 2. The van der Waals surface area contributed by atoms with Crippen LogP contribution in [0.2, 0.25) is 0 Å². The Kier molecular flexibility index (Phi) is 16.6. The highest BCUT2D eigenvalue weighted by Gasteiger charge is 1.61. The molecule has 5 heavy (non-hydrogen) atoms. The van der Waals surface area contributed by atoms with E-state index in [9.17, 15) is 0 Å². The normalized spacial score (nSPS) is 6.00. The molecule has 0 amide bonds. The molecule has 0 aromatic heterocycles. The van der Waals surface area contributed by atoms with Gasteiger partial charge in [-0.1, -0.05) is 0 Å². The molecular formula is C2H6Cl2S. The molecule has 34 valence electrons. The molecule has 0 saturated heterocycles. The fourth-order valence-corrected chi connectivity index (χ4v) is 0. The van der Waals surface area contributed by atoms with Gasteiger partial charge in [-0.15, -0.1) is 23.2 Å². The summed E-state index contributed by atoms with van der Waals surface area (Å²) < 4.78 is 0. The summed E-state index contributed by atoms with van der Waals surface area (Å²) >= 11 is 10.1. The number of hydrogen-bond acceptors (Lipinski definition) is 0. The maximum absolute atomic E-state index is 5.05. The molecule has 0 bridgehead atoms. The van der Waals surface area contributed by atoms with Crippen LogP contribution in [-0.4, -0.2) is 11.8 Å². The van der Waals surface area contributed by atoms with Crippen molar-refractivity contribution in [1.82, 2.24) is 0 Å². The fraction of sp³-hybridized carbons (Fsp3) is 1.00. The zero-order chi connectivity index (χ0) is 3.41.